The lowest BCUT2D eigenvalue weighted by molar-refractivity contribution is -0.146. The van der Waals surface area contributed by atoms with E-state index in [1.807, 2.05) is 12.3 Å². The molecule has 15 heavy (non-hydrogen) atoms. The van der Waals surface area contributed by atoms with Crippen LogP contribution >= 0.6 is 11.3 Å². The number of rotatable bonds is 5. The van der Waals surface area contributed by atoms with Gasteiger partial charge in [0.05, 0.1) is 5.41 Å². The highest BCUT2D eigenvalue weighted by atomic mass is 32.1. The first-order valence-corrected chi connectivity index (χ1v) is 5.86. The molecule has 0 amide bonds. The second-order valence-corrected chi connectivity index (χ2v) is 5.13. The molecule has 0 aliphatic heterocycles. The Morgan fingerprint density at radius 1 is 1.67 bits per heavy atom. The standard InChI is InChI=1S/C11H17NO2S/c1-8(9-4-5-15-6-9)12-7-11(2,3)10(13)14/h4-6,8,12H,7H2,1-3H3,(H,13,14). The quantitative estimate of drug-likeness (QED) is 0.812. The van der Waals surface area contributed by atoms with Crippen molar-refractivity contribution in [1.82, 2.24) is 5.32 Å². The van der Waals surface area contributed by atoms with Crippen LogP contribution in [0.4, 0.5) is 0 Å². The summed E-state index contributed by atoms with van der Waals surface area (Å²) in [5, 5.41) is 16.3. The Balaban J connectivity index is 2.47. The molecule has 3 nitrogen and oxygen atoms in total. The maximum atomic E-state index is 10.9. The van der Waals surface area contributed by atoms with Crippen molar-refractivity contribution in [3.63, 3.8) is 0 Å². The van der Waals surface area contributed by atoms with Gasteiger partial charge in [-0.25, -0.2) is 0 Å². The summed E-state index contributed by atoms with van der Waals surface area (Å²) in [7, 11) is 0. The summed E-state index contributed by atoms with van der Waals surface area (Å²) in [6.45, 7) is 5.96. The third-order valence-electron chi connectivity index (χ3n) is 2.47. The van der Waals surface area contributed by atoms with Crippen LogP contribution in [0.2, 0.25) is 0 Å². The van der Waals surface area contributed by atoms with Crippen LogP contribution in [0.15, 0.2) is 16.8 Å². The van der Waals surface area contributed by atoms with Crippen molar-refractivity contribution in [2.45, 2.75) is 26.8 Å². The van der Waals surface area contributed by atoms with Crippen molar-refractivity contribution in [3.8, 4) is 0 Å². The molecule has 1 heterocycles. The van der Waals surface area contributed by atoms with E-state index >= 15 is 0 Å². The number of thiophene rings is 1. The smallest absolute Gasteiger partial charge is 0.310 e. The third-order valence-corrected chi connectivity index (χ3v) is 3.17. The van der Waals surface area contributed by atoms with E-state index in [9.17, 15) is 4.79 Å². The van der Waals surface area contributed by atoms with Gasteiger partial charge in [-0.2, -0.15) is 11.3 Å². The van der Waals surface area contributed by atoms with Gasteiger partial charge in [0.1, 0.15) is 0 Å². The number of carboxylic acids is 1. The Hall–Kier alpha value is -0.870. The van der Waals surface area contributed by atoms with Gasteiger partial charge in [-0.05, 0) is 43.2 Å². The molecule has 0 bridgehead atoms. The largest absolute Gasteiger partial charge is 0.481 e. The summed E-state index contributed by atoms with van der Waals surface area (Å²) >= 11 is 1.65. The van der Waals surface area contributed by atoms with Crippen LogP contribution in [0.5, 0.6) is 0 Å². The van der Waals surface area contributed by atoms with Crippen molar-refractivity contribution >= 4 is 17.3 Å². The number of carboxylic acid groups (broad SMARTS) is 1. The van der Waals surface area contributed by atoms with Crippen LogP contribution in [0, 0.1) is 5.41 Å². The molecule has 2 N–H and O–H groups in total. The van der Waals surface area contributed by atoms with Crippen LogP contribution in [0.25, 0.3) is 0 Å². The molecule has 0 aliphatic carbocycles. The van der Waals surface area contributed by atoms with Crippen molar-refractivity contribution in [2.75, 3.05) is 6.54 Å². The normalized spacial score (nSPS) is 13.8. The van der Waals surface area contributed by atoms with E-state index in [0.29, 0.717) is 6.54 Å². The van der Waals surface area contributed by atoms with Crippen LogP contribution in [0.3, 0.4) is 0 Å². The molecule has 0 aliphatic rings. The molecular weight excluding hydrogens is 210 g/mol. The topological polar surface area (TPSA) is 49.3 Å². The SMILES string of the molecule is CC(NCC(C)(C)C(=O)O)c1ccsc1. The Morgan fingerprint density at radius 2 is 2.33 bits per heavy atom. The lowest BCUT2D eigenvalue weighted by Gasteiger charge is -2.22. The maximum Gasteiger partial charge on any atom is 0.310 e. The molecule has 0 saturated carbocycles. The summed E-state index contributed by atoms with van der Waals surface area (Å²) < 4.78 is 0. The van der Waals surface area contributed by atoms with Gasteiger partial charge in [0.2, 0.25) is 0 Å². The van der Waals surface area contributed by atoms with E-state index < -0.39 is 11.4 Å². The molecule has 0 aromatic carbocycles. The molecule has 1 aromatic heterocycles. The van der Waals surface area contributed by atoms with Crippen molar-refractivity contribution in [2.24, 2.45) is 5.41 Å². The van der Waals surface area contributed by atoms with Crippen LogP contribution < -0.4 is 5.32 Å². The first-order chi connectivity index (χ1) is 6.93. The number of hydrogen-bond donors (Lipinski definition) is 2. The highest BCUT2D eigenvalue weighted by molar-refractivity contribution is 7.07. The molecule has 0 radical (unpaired) electrons. The van der Waals surface area contributed by atoms with Gasteiger partial charge in [-0.15, -0.1) is 0 Å². The molecule has 0 fully saturated rings. The van der Waals surface area contributed by atoms with E-state index in [-0.39, 0.29) is 6.04 Å². The van der Waals surface area contributed by atoms with Crippen molar-refractivity contribution < 1.29 is 9.90 Å². The molecule has 4 heteroatoms. The molecular formula is C11H17NO2S. The highest BCUT2D eigenvalue weighted by Crippen LogP contribution is 2.19. The van der Waals surface area contributed by atoms with Crippen LogP contribution in [-0.2, 0) is 4.79 Å². The molecule has 1 rings (SSSR count). The van der Waals surface area contributed by atoms with Gasteiger partial charge >= 0.3 is 5.97 Å². The fourth-order valence-electron chi connectivity index (χ4n) is 1.12. The Labute approximate surface area is 94.1 Å². The maximum absolute atomic E-state index is 10.9. The molecule has 1 atom stereocenters. The van der Waals surface area contributed by atoms with E-state index in [2.05, 4.69) is 16.8 Å². The number of aliphatic carboxylic acids is 1. The molecule has 1 aromatic rings. The third kappa shape index (κ3) is 3.32. The van der Waals surface area contributed by atoms with E-state index in [4.69, 9.17) is 5.11 Å². The Bertz CT molecular complexity index is 319. The predicted molar refractivity (Wildman–Crippen MR) is 62.2 cm³/mol. The summed E-state index contributed by atoms with van der Waals surface area (Å²) in [6.07, 6.45) is 0. The first kappa shape index (κ1) is 12.2. The number of carbonyl (C=O) groups is 1. The molecule has 0 saturated heterocycles. The predicted octanol–water partition coefficient (Wildman–Crippen LogP) is 2.51. The van der Waals surface area contributed by atoms with Gasteiger partial charge in [0.25, 0.3) is 0 Å². The average molecular weight is 227 g/mol. The van der Waals surface area contributed by atoms with E-state index in [1.165, 1.54) is 5.56 Å². The van der Waals surface area contributed by atoms with E-state index in [1.54, 1.807) is 25.2 Å². The lowest BCUT2D eigenvalue weighted by Crippen LogP contribution is -2.37. The lowest BCUT2D eigenvalue weighted by atomic mass is 9.93. The second-order valence-electron chi connectivity index (χ2n) is 4.35. The molecule has 84 valence electrons. The van der Waals surface area contributed by atoms with Crippen molar-refractivity contribution in [1.29, 1.82) is 0 Å². The molecule has 0 spiro atoms. The van der Waals surface area contributed by atoms with Gasteiger partial charge in [-0.3, -0.25) is 4.79 Å². The molecule has 1 unspecified atom stereocenters. The van der Waals surface area contributed by atoms with Crippen LogP contribution in [0.1, 0.15) is 32.4 Å². The van der Waals surface area contributed by atoms with Gasteiger partial charge in [0.15, 0.2) is 0 Å². The second kappa shape index (κ2) is 4.77. The van der Waals surface area contributed by atoms with E-state index in [0.717, 1.165) is 0 Å². The van der Waals surface area contributed by atoms with Crippen molar-refractivity contribution in [3.05, 3.63) is 22.4 Å². The van der Waals surface area contributed by atoms with Gasteiger partial charge in [0, 0.05) is 12.6 Å². The van der Waals surface area contributed by atoms with Crippen LogP contribution in [-0.4, -0.2) is 17.6 Å². The zero-order chi connectivity index (χ0) is 11.5. The zero-order valence-electron chi connectivity index (χ0n) is 9.28. The highest BCUT2D eigenvalue weighted by Gasteiger charge is 2.27. The fraction of sp³-hybridized carbons (Fsp3) is 0.545. The average Bonchev–Trinajstić information content (AvgIpc) is 2.66. The number of hydrogen-bond acceptors (Lipinski definition) is 3. The monoisotopic (exact) mass is 227 g/mol. The summed E-state index contributed by atoms with van der Waals surface area (Å²) in [4.78, 5) is 10.9. The number of nitrogens with one attached hydrogen (secondary N) is 1. The Morgan fingerprint density at radius 3 is 2.80 bits per heavy atom. The summed E-state index contributed by atoms with van der Waals surface area (Å²) in [5.74, 6) is -0.771. The first-order valence-electron chi connectivity index (χ1n) is 4.92. The Kier molecular flexibility index (Phi) is 3.88. The zero-order valence-corrected chi connectivity index (χ0v) is 10.1. The van der Waals surface area contributed by atoms with Gasteiger partial charge < -0.3 is 10.4 Å². The summed E-state index contributed by atoms with van der Waals surface area (Å²) in [6, 6.07) is 2.26. The minimum absolute atomic E-state index is 0.204. The van der Waals surface area contributed by atoms with Gasteiger partial charge in [-0.1, -0.05) is 0 Å². The minimum Gasteiger partial charge on any atom is -0.481 e. The summed E-state index contributed by atoms with van der Waals surface area (Å²) in [5.41, 5.74) is 0.491. The minimum atomic E-state index is -0.771. The fourth-order valence-corrected chi connectivity index (χ4v) is 1.88.